The van der Waals surface area contributed by atoms with Crippen molar-refractivity contribution in [2.24, 2.45) is 17.1 Å². The van der Waals surface area contributed by atoms with Gasteiger partial charge < -0.3 is 15.4 Å². The molecule has 2 rings (SSSR count). The Hall–Kier alpha value is -0.900. The molecule has 0 saturated carbocycles. The number of likely N-dealkylation sites (tertiary alicyclic amines) is 1. The topological polar surface area (TPSA) is 38.5 Å². The summed E-state index contributed by atoms with van der Waals surface area (Å²) in [5, 5.41) is 0. The van der Waals surface area contributed by atoms with E-state index in [1.165, 1.54) is 18.5 Å². The summed E-state index contributed by atoms with van der Waals surface area (Å²) in [7, 11) is 1.79. The molecule has 3 heteroatoms. The molecular weight excluding hydrogens is 248 g/mol. The lowest BCUT2D eigenvalue weighted by molar-refractivity contribution is 0.138. The van der Waals surface area contributed by atoms with E-state index in [-0.39, 0.29) is 11.5 Å². The zero-order valence-corrected chi connectivity index (χ0v) is 13.0. The smallest absolute Gasteiger partial charge is 0.0503 e. The molecule has 0 aromatic heterocycles. The standard InChI is InChI=1S/C17H28N2O/c1-17(2,16(18)15-7-5-4-6-8-15)13-19-10-9-14(11-19)12-20-3/h4-8,14,16H,9-13,18H2,1-3H3. The number of ether oxygens (including phenoxy) is 1. The minimum absolute atomic E-state index is 0.0727. The van der Waals surface area contributed by atoms with Gasteiger partial charge in [-0.1, -0.05) is 44.2 Å². The van der Waals surface area contributed by atoms with E-state index in [0.717, 1.165) is 19.7 Å². The largest absolute Gasteiger partial charge is 0.384 e. The fourth-order valence-corrected chi connectivity index (χ4v) is 3.21. The lowest BCUT2D eigenvalue weighted by atomic mass is 9.80. The monoisotopic (exact) mass is 276 g/mol. The summed E-state index contributed by atoms with van der Waals surface area (Å²) in [4.78, 5) is 2.53. The first-order chi connectivity index (χ1) is 9.53. The van der Waals surface area contributed by atoms with Gasteiger partial charge in [0.25, 0.3) is 0 Å². The molecule has 0 bridgehead atoms. The Morgan fingerprint density at radius 3 is 2.70 bits per heavy atom. The summed E-state index contributed by atoms with van der Waals surface area (Å²) in [6, 6.07) is 10.5. The van der Waals surface area contributed by atoms with Gasteiger partial charge in [0.1, 0.15) is 0 Å². The molecule has 0 spiro atoms. The van der Waals surface area contributed by atoms with Crippen molar-refractivity contribution in [2.45, 2.75) is 26.3 Å². The van der Waals surface area contributed by atoms with Crippen molar-refractivity contribution in [3.05, 3.63) is 35.9 Å². The zero-order chi connectivity index (χ0) is 14.6. The maximum atomic E-state index is 6.49. The van der Waals surface area contributed by atoms with Gasteiger partial charge in [0.2, 0.25) is 0 Å². The number of nitrogens with zero attached hydrogens (tertiary/aromatic N) is 1. The summed E-state index contributed by atoms with van der Waals surface area (Å²) in [6.07, 6.45) is 1.24. The Morgan fingerprint density at radius 1 is 1.35 bits per heavy atom. The molecule has 2 atom stereocenters. The van der Waals surface area contributed by atoms with Crippen LogP contribution in [0.25, 0.3) is 0 Å². The van der Waals surface area contributed by atoms with E-state index >= 15 is 0 Å². The summed E-state index contributed by atoms with van der Waals surface area (Å²) < 4.78 is 5.27. The third kappa shape index (κ3) is 3.81. The van der Waals surface area contributed by atoms with Crippen LogP contribution >= 0.6 is 0 Å². The average Bonchev–Trinajstić information content (AvgIpc) is 2.86. The van der Waals surface area contributed by atoms with Crippen LogP contribution in [0.2, 0.25) is 0 Å². The molecule has 1 aromatic carbocycles. The summed E-state index contributed by atoms with van der Waals surface area (Å²) in [5.74, 6) is 0.684. The van der Waals surface area contributed by atoms with Gasteiger partial charge in [-0.2, -0.15) is 0 Å². The van der Waals surface area contributed by atoms with Crippen molar-refractivity contribution in [3.8, 4) is 0 Å². The van der Waals surface area contributed by atoms with Crippen LogP contribution in [0, 0.1) is 11.3 Å². The van der Waals surface area contributed by atoms with Crippen molar-refractivity contribution in [3.63, 3.8) is 0 Å². The SMILES string of the molecule is COCC1CCN(CC(C)(C)C(N)c2ccccc2)C1. The van der Waals surface area contributed by atoms with Crippen molar-refractivity contribution in [1.29, 1.82) is 0 Å². The zero-order valence-electron chi connectivity index (χ0n) is 13.0. The highest BCUT2D eigenvalue weighted by atomic mass is 16.5. The van der Waals surface area contributed by atoms with Crippen LogP contribution in [0.3, 0.4) is 0 Å². The Bertz CT molecular complexity index is 405. The molecule has 112 valence electrons. The third-order valence-corrected chi connectivity index (χ3v) is 4.40. The van der Waals surface area contributed by atoms with Crippen molar-refractivity contribution in [2.75, 3.05) is 33.4 Å². The quantitative estimate of drug-likeness (QED) is 0.868. The lowest BCUT2D eigenvalue weighted by Crippen LogP contribution is -2.40. The van der Waals surface area contributed by atoms with Gasteiger partial charge in [-0.05, 0) is 29.9 Å². The van der Waals surface area contributed by atoms with E-state index in [4.69, 9.17) is 10.5 Å². The average molecular weight is 276 g/mol. The minimum Gasteiger partial charge on any atom is -0.384 e. The van der Waals surface area contributed by atoms with Crippen LogP contribution in [0.4, 0.5) is 0 Å². The highest BCUT2D eigenvalue weighted by molar-refractivity contribution is 5.20. The van der Waals surface area contributed by atoms with Crippen LogP contribution in [0.15, 0.2) is 30.3 Å². The maximum absolute atomic E-state index is 6.49. The van der Waals surface area contributed by atoms with Gasteiger partial charge in [0.15, 0.2) is 0 Å². The molecule has 1 heterocycles. The fraction of sp³-hybridized carbons (Fsp3) is 0.647. The second-order valence-electron chi connectivity index (χ2n) is 6.72. The molecule has 2 unspecified atom stereocenters. The molecular formula is C17H28N2O. The first-order valence-corrected chi connectivity index (χ1v) is 7.55. The van der Waals surface area contributed by atoms with E-state index in [1.807, 2.05) is 6.07 Å². The van der Waals surface area contributed by atoms with Gasteiger partial charge in [-0.3, -0.25) is 0 Å². The van der Waals surface area contributed by atoms with Crippen LogP contribution in [0.1, 0.15) is 31.9 Å². The minimum atomic E-state index is 0.0727. The number of benzene rings is 1. The number of methoxy groups -OCH3 is 1. The van der Waals surface area contributed by atoms with Crippen molar-refractivity contribution < 1.29 is 4.74 Å². The van der Waals surface area contributed by atoms with E-state index in [2.05, 4.69) is 43.0 Å². The van der Waals surface area contributed by atoms with E-state index in [0.29, 0.717) is 5.92 Å². The Labute approximate surface area is 123 Å². The molecule has 2 N–H and O–H groups in total. The van der Waals surface area contributed by atoms with Crippen LogP contribution in [-0.2, 0) is 4.74 Å². The highest BCUT2D eigenvalue weighted by Gasteiger charge is 2.32. The van der Waals surface area contributed by atoms with Gasteiger partial charge in [0.05, 0.1) is 6.61 Å². The highest BCUT2D eigenvalue weighted by Crippen LogP contribution is 2.33. The molecule has 0 amide bonds. The second-order valence-corrected chi connectivity index (χ2v) is 6.72. The van der Waals surface area contributed by atoms with Crippen molar-refractivity contribution in [1.82, 2.24) is 4.90 Å². The van der Waals surface area contributed by atoms with Crippen LogP contribution < -0.4 is 5.73 Å². The third-order valence-electron chi connectivity index (χ3n) is 4.40. The Balaban J connectivity index is 1.94. The first kappa shape index (κ1) is 15.5. The van der Waals surface area contributed by atoms with E-state index in [9.17, 15) is 0 Å². The molecule has 1 saturated heterocycles. The lowest BCUT2D eigenvalue weighted by Gasteiger charge is -2.35. The first-order valence-electron chi connectivity index (χ1n) is 7.55. The number of nitrogens with two attached hydrogens (primary N) is 1. The van der Waals surface area contributed by atoms with Gasteiger partial charge in [-0.25, -0.2) is 0 Å². The number of rotatable bonds is 6. The molecule has 0 aliphatic carbocycles. The molecule has 0 radical (unpaired) electrons. The van der Waals surface area contributed by atoms with Gasteiger partial charge in [-0.15, -0.1) is 0 Å². The fourth-order valence-electron chi connectivity index (χ4n) is 3.21. The van der Waals surface area contributed by atoms with Gasteiger partial charge >= 0.3 is 0 Å². The normalized spacial score (nSPS) is 22.1. The van der Waals surface area contributed by atoms with Gasteiger partial charge in [0, 0.05) is 26.2 Å². The molecule has 1 aliphatic heterocycles. The summed E-state index contributed by atoms with van der Waals surface area (Å²) >= 11 is 0. The molecule has 1 fully saturated rings. The molecule has 3 nitrogen and oxygen atoms in total. The summed E-state index contributed by atoms with van der Waals surface area (Å²) in [6.45, 7) is 8.77. The number of hydrogen-bond acceptors (Lipinski definition) is 3. The Kier molecular flexibility index (Phi) is 5.19. The molecule has 1 aliphatic rings. The van der Waals surface area contributed by atoms with E-state index in [1.54, 1.807) is 7.11 Å². The van der Waals surface area contributed by atoms with E-state index < -0.39 is 0 Å². The molecule has 1 aromatic rings. The second kappa shape index (κ2) is 6.70. The van der Waals surface area contributed by atoms with Crippen LogP contribution in [0.5, 0.6) is 0 Å². The molecule has 20 heavy (non-hydrogen) atoms. The Morgan fingerprint density at radius 2 is 2.05 bits per heavy atom. The van der Waals surface area contributed by atoms with Crippen LogP contribution in [-0.4, -0.2) is 38.3 Å². The number of hydrogen-bond donors (Lipinski definition) is 1. The van der Waals surface area contributed by atoms with Crippen molar-refractivity contribution >= 4 is 0 Å². The summed E-state index contributed by atoms with van der Waals surface area (Å²) in [5.41, 5.74) is 7.79. The predicted octanol–water partition coefficient (Wildman–Crippen LogP) is 2.68. The maximum Gasteiger partial charge on any atom is 0.0503 e. The predicted molar refractivity (Wildman–Crippen MR) is 83.6 cm³/mol.